The lowest BCUT2D eigenvalue weighted by Crippen LogP contribution is -2.23. The maximum atomic E-state index is 13.7. The zero-order chi connectivity index (χ0) is 16.9. The van der Waals surface area contributed by atoms with Gasteiger partial charge < -0.3 is 20.5 Å². The molecule has 24 heavy (non-hydrogen) atoms. The second-order valence-corrected chi connectivity index (χ2v) is 5.68. The van der Waals surface area contributed by atoms with Gasteiger partial charge in [-0.25, -0.2) is 4.39 Å². The fourth-order valence-corrected chi connectivity index (χ4v) is 2.65. The summed E-state index contributed by atoms with van der Waals surface area (Å²) in [5.41, 5.74) is 9.43. The van der Waals surface area contributed by atoms with Crippen molar-refractivity contribution in [3.63, 3.8) is 0 Å². The molecule has 3 rings (SSSR count). The van der Waals surface area contributed by atoms with Crippen LogP contribution in [0.15, 0.2) is 41.4 Å². The van der Waals surface area contributed by atoms with Gasteiger partial charge in [-0.2, -0.15) is 0 Å². The van der Waals surface area contributed by atoms with E-state index in [9.17, 15) is 4.39 Å². The normalized spacial score (nSPS) is 14.0. The van der Waals surface area contributed by atoms with Gasteiger partial charge in [0.25, 0.3) is 0 Å². The van der Waals surface area contributed by atoms with Gasteiger partial charge in [0.1, 0.15) is 11.6 Å². The third kappa shape index (κ3) is 4.02. The highest BCUT2D eigenvalue weighted by Gasteiger charge is 2.16. The van der Waals surface area contributed by atoms with Crippen molar-refractivity contribution in [2.45, 2.75) is 20.0 Å². The second kappa shape index (κ2) is 7.31. The molecule has 1 aliphatic rings. The molecule has 0 saturated heterocycles. The molecular weight excluding hydrogens is 309 g/mol. The minimum Gasteiger partial charge on any atom is -0.467 e. The number of fused-ring (bicyclic) bond motifs is 1. The van der Waals surface area contributed by atoms with Crippen LogP contribution in [0.3, 0.4) is 0 Å². The largest absolute Gasteiger partial charge is 0.467 e. The number of benzene rings is 2. The minimum absolute atomic E-state index is 0.186. The molecule has 0 unspecified atom stereocenters. The molecule has 0 amide bonds. The van der Waals surface area contributed by atoms with E-state index >= 15 is 0 Å². The lowest BCUT2D eigenvalue weighted by Gasteiger charge is -2.20. The Kier molecular flexibility index (Phi) is 4.96. The molecule has 0 spiro atoms. The number of guanidine groups is 1. The highest BCUT2D eigenvalue weighted by Crippen LogP contribution is 2.29. The molecule has 1 aliphatic heterocycles. The van der Waals surface area contributed by atoms with E-state index in [1.807, 2.05) is 31.2 Å². The zero-order valence-corrected chi connectivity index (χ0v) is 13.5. The SMILES string of the molecule is Cc1cccc(NC(N)=NCCc2cc(F)cc3c2OCOC3)c1. The topological polar surface area (TPSA) is 68.9 Å². The summed E-state index contributed by atoms with van der Waals surface area (Å²) in [6, 6.07) is 10.8. The molecule has 5 nitrogen and oxygen atoms in total. The van der Waals surface area contributed by atoms with Crippen molar-refractivity contribution in [1.82, 2.24) is 0 Å². The number of rotatable bonds is 4. The Morgan fingerprint density at radius 1 is 1.33 bits per heavy atom. The van der Waals surface area contributed by atoms with Gasteiger partial charge in [0.2, 0.25) is 0 Å². The van der Waals surface area contributed by atoms with Gasteiger partial charge in [0, 0.05) is 17.8 Å². The number of hydrogen-bond donors (Lipinski definition) is 2. The molecular formula is C18H20FN3O2. The molecule has 0 aliphatic carbocycles. The molecule has 0 saturated carbocycles. The van der Waals surface area contributed by atoms with Crippen LogP contribution in [0.2, 0.25) is 0 Å². The van der Waals surface area contributed by atoms with Crippen molar-refractivity contribution in [1.29, 1.82) is 0 Å². The smallest absolute Gasteiger partial charge is 0.193 e. The van der Waals surface area contributed by atoms with E-state index in [1.165, 1.54) is 12.1 Å². The van der Waals surface area contributed by atoms with E-state index < -0.39 is 0 Å². The molecule has 0 atom stereocenters. The highest BCUT2D eigenvalue weighted by molar-refractivity contribution is 5.92. The number of aryl methyl sites for hydroxylation is 1. The molecule has 0 bridgehead atoms. The first kappa shape index (κ1) is 16.3. The Balaban J connectivity index is 1.64. The number of nitrogens with one attached hydrogen (secondary N) is 1. The maximum Gasteiger partial charge on any atom is 0.193 e. The Labute approximate surface area is 140 Å². The second-order valence-electron chi connectivity index (χ2n) is 5.68. The van der Waals surface area contributed by atoms with Crippen LogP contribution < -0.4 is 15.8 Å². The van der Waals surface area contributed by atoms with Crippen molar-refractivity contribution in [2.24, 2.45) is 10.7 Å². The van der Waals surface area contributed by atoms with Crippen LogP contribution in [-0.2, 0) is 17.8 Å². The van der Waals surface area contributed by atoms with Crippen molar-refractivity contribution in [3.05, 3.63) is 58.9 Å². The first-order valence-electron chi connectivity index (χ1n) is 7.77. The number of ether oxygens (including phenoxy) is 2. The van der Waals surface area contributed by atoms with Crippen LogP contribution >= 0.6 is 0 Å². The van der Waals surface area contributed by atoms with Gasteiger partial charge >= 0.3 is 0 Å². The van der Waals surface area contributed by atoms with E-state index in [-0.39, 0.29) is 12.6 Å². The maximum absolute atomic E-state index is 13.7. The molecule has 0 radical (unpaired) electrons. The number of anilines is 1. The van der Waals surface area contributed by atoms with Crippen LogP contribution in [0.25, 0.3) is 0 Å². The monoisotopic (exact) mass is 329 g/mol. The van der Waals surface area contributed by atoms with Crippen LogP contribution in [0.1, 0.15) is 16.7 Å². The zero-order valence-electron chi connectivity index (χ0n) is 13.5. The predicted octanol–water partition coefficient (Wildman–Crippen LogP) is 2.97. The number of hydrogen-bond acceptors (Lipinski definition) is 3. The van der Waals surface area contributed by atoms with E-state index in [2.05, 4.69) is 10.3 Å². The van der Waals surface area contributed by atoms with Gasteiger partial charge in [0.05, 0.1) is 6.61 Å². The van der Waals surface area contributed by atoms with Crippen molar-refractivity contribution in [2.75, 3.05) is 18.7 Å². The summed E-state index contributed by atoms with van der Waals surface area (Å²) in [7, 11) is 0. The minimum atomic E-state index is -0.298. The Hall–Kier alpha value is -2.60. The molecule has 6 heteroatoms. The van der Waals surface area contributed by atoms with Crippen molar-refractivity contribution in [3.8, 4) is 5.75 Å². The molecule has 3 N–H and O–H groups in total. The van der Waals surface area contributed by atoms with E-state index in [1.54, 1.807) is 0 Å². The summed E-state index contributed by atoms with van der Waals surface area (Å²) in [5.74, 6) is 0.728. The van der Waals surface area contributed by atoms with E-state index in [0.717, 1.165) is 22.4 Å². The molecule has 0 aromatic heterocycles. The molecule has 126 valence electrons. The van der Waals surface area contributed by atoms with Crippen LogP contribution in [0, 0.1) is 12.7 Å². The number of nitrogens with two attached hydrogens (primary N) is 1. The number of nitrogens with zero attached hydrogens (tertiary/aromatic N) is 1. The average Bonchev–Trinajstić information content (AvgIpc) is 2.54. The fraction of sp³-hybridized carbons (Fsp3) is 0.278. The van der Waals surface area contributed by atoms with E-state index in [0.29, 0.717) is 31.3 Å². The average molecular weight is 329 g/mol. The summed E-state index contributed by atoms with van der Waals surface area (Å²) >= 11 is 0. The first-order valence-corrected chi connectivity index (χ1v) is 7.77. The highest BCUT2D eigenvalue weighted by atomic mass is 19.1. The molecule has 2 aromatic carbocycles. The van der Waals surface area contributed by atoms with Crippen molar-refractivity contribution < 1.29 is 13.9 Å². The summed E-state index contributed by atoms with van der Waals surface area (Å²) in [5, 5.41) is 3.05. The molecule has 0 fully saturated rings. The van der Waals surface area contributed by atoms with Gasteiger partial charge in [-0.05, 0) is 48.7 Å². The van der Waals surface area contributed by atoms with Gasteiger partial charge in [-0.3, -0.25) is 4.99 Å². The first-order chi connectivity index (χ1) is 11.6. The van der Waals surface area contributed by atoms with Crippen LogP contribution in [0.4, 0.5) is 10.1 Å². The summed E-state index contributed by atoms with van der Waals surface area (Å²) in [4.78, 5) is 4.30. The Morgan fingerprint density at radius 3 is 3.04 bits per heavy atom. The summed E-state index contributed by atoms with van der Waals surface area (Å²) < 4.78 is 24.4. The quantitative estimate of drug-likeness (QED) is 0.668. The van der Waals surface area contributed by atoms with Crippen LogP contribution in [0.5, 0.6) is 5.75 Å². The van der Waals surface area contributed by atoms with Gasteiger partial charge in [-0.15, -0.1) is 0 Å². The van der Waals surface area contributed by atoms with Crippen LogP contribution in [-0.4, -0.2) is 19.3 Å². The predicted molar refractivity (Wildman–Crippen MR) is 91.7 cm³/mol. The van der Waals surface area contributed by atoms with Gasteiger partial charge in [0.15, 0.2) is 12.8 Å². The summed E-state index contributed by atoms with van der Waals surface area (Å²) in [6.45, 7) is 2.99. The third-order valence-corrected chi connectivity index (χ3v) is 3.71. The molecule has 1 heterocycles. The standard InChI is InChI=1S/C18H20FN3O2/c1-12-3-2-4-16(7-12)22-18(20)21-6-5-13-8-15(19)9-14-10-23-11-24-17(13)14/h2-4,7-9H,5-6,10-11H2,1H3,(H3,20,21,22). The lowest BCUT2D eigenvalue weighted by molar-refractivity contribution is -0.0172. The fourth-order valence-electron chi connectivity index (χ4n) is 2.65. The number of halogens is 1. The third-order valence-electron chi connectivity index (χ3n) is 3.71. The molecule has 2 aromatic rings. The van der Waals surface area contributed by atoms with Gasteiger partial charge in [-0.1, -0.05) is 12.1 Å². The number of aliphatic imine (C=N–C) groups is 1. The Morgan fingerprint density at radius 2 is 2.21 bits per heavy atom. The lowest BCUT2D eigenvalue weighted by atomic mass is 10.1. The van der Waals surface area contributed by atoms with E-state index in [4.69, 9.17) is 15.2 Å². The Bertz CT molecular complexity index is 762. The summed E-state index contributed by atoms with van der Waals surface area (Å²) in [6.07, 6.45) is 0.538. The van der Waals surface area contributed by atoms with Crippen molar-refractivity contribution >= 4 is 11.6 Å².